The van der Waals surface area contributed by atoms with Gasteiger partial charge in [-0.1, -0.05) is 17.8 Å². The van der Waals surface area contributed by atoms with E-state index in [0.717, 1.165) is 39.7 Å². The summed E-state index contributed by atoms with van der Waals surface area (Å²) in [5.41, 5.74) is 2.77. The van der Waals surface area contributed by atoms with Crippen molar-refractivity contribution >= 4 is 50.6 Å². The Morgan fingerprint density at radius 3 is 2.55 bits per heavy atom. The van der Waals surface area contributed by atoms with E-state index < -0.39 is 0 Å². The van der Waals surface area contributed by atoms with E-state index in [-0.39, 0.29) is 17.2 Å². The zero-order chi connectivity index (χ0) is 22.5. The third kappa shape index (κ3) is 5.02. The molecule has 0 aliphatic heterocycles. The molecule has 2 aromatic heterocycles. The third-order valence-corrected chi connectivity index (χ3v) is 7.26. The van der Waals surface area contributed by atoms with Crippen molar-refractivity contribution in [2.24, 2.45) is 0 Å². The van der Waals surface area contributed by atoms with Gasteiger partial charge in [0.15, 0.2) is 5.16 Å². The SMILES string of the molecule is C=CCn1c(SCC(=O)Nc2ccc(N(CC)CC)cc2)nc2sc(C)c(C)c2c1=O. The van der Waals surface area contributed by atoms with Crippen molar-refractivity contribution in [3.05, 3.63) is 57.7 Å². The van der Waals surface area contributed by atoms with Crippen LogP contribution in [0.15, 0.2) is 46.9 Å². The van der Waals surface area contributed by atoms with Crippen LogP contribution in [0.5, 0.6) is 0 Å². The van der Waals surface area contributed by atoms with Crippen molar-refractivity contribution in [3.8, 4) is 0 Å². The van der Waals surface area contributed by atoms with Gasteiger partial charge in [-0.25, -0.2) is 4.98 Å². The summed E-state index contributed by atoms with van der Waals surface area (Å²) in [4.78, 5) is 34.2. The highest BCUT2D eigenvalue weighted by molar-refractivity contribution is 7.99. The van der Waals surface area contributed by atoms with E-state index in [1.807, 2.05) is 38.1 Å². The van der Waals surface area contributed by atoms with Crippen LogP contribution in [0.25, 0.3) is 10.2 Å². The number of hydrogen-bond donors (Lipinski definition) is 1. The molecule has 0 saturated carbocycles. The number of aryl methyl sites for hydroxylation is 2. The van der Waals surface area contributed by atoms with Gasteiger partial charge in [-0.2, -0.15) is 0 Å². The zero-order valence-corrected chi connectivity index (χ0v) is 20.0. The van der Waals surface area contributed by atoms with E-state index in [2.05, 4.69) is 35.6 Å². The summed E-state index contributed by atoms with van der Waals surface area (Å²) in [7, 11) is 0. The van der Waals surface area contributed by atoms with E-state index in [1.54, 1.807) is 10.6 Å². The Morgan fingerprint density at radius 1 is 1.26 bits per heavy atom. The lowest BCUT2D eigenvalue weighted by Crippen LogP contribution is -2.23. The monoisotopic (exact) mass is 456 g/mol. The molecule has 1 amide bonds. The third-order valence-electron chi connectivity index (χ3n) is 5.18. The zero-order valence-electron chi connectivity index (χ0n) is 18.4. The number of anilines is 2. The molecule has 3 rings (SSSR count). The first-order valence-corrected chi connectivity index (χ1v) is 12.1. The molecule has 0 radical (unpaired) electrons. The highest BCUT2D eigenvalue weighted by Gasteiger charge is 2.17. The number of carbonyl (C=O) groups is 1. The molecule has 164 valence electrons. The number of nitrogens with zero attached hydrogens (tertiary/aromatic N) is 3. The first kappa shape index (κ1) is 23.1. The maximum atomic E-state index is 13.0. The van der Waals surface area contributed by atoms with E-state index >= 15 is 0 Å². The molecular weight excluding hydrogens is 428 g/mol. The van der Waals surface area contributed by atoms with E-state index in [4.69, 9.17) is 0 Å². The maximum Gasteiger partial charge on any atom is 0.263 e. The normalized spacial score (nSPS) is 11.0. The van der Waals surface area contributed by atoms with Gasteiger partial charge in [-0.15, -0.1) is 17.9 Å². The van der Waals surface area contributed by atoms with Gasteiger partial charge in [0.05, 0.1) is 11.1 Å². The fourth-order valence-electron chi connectivity index (χ4n) is 3.38. The van der Waals surface area contributed by atoms with Crippen LogP contribution in [0.4, 0.5) is 11.4 Å². The molecule has 1 aromatic carbocycles. The molecule has 0 aliphatic rings. The van der Waals surface area contributed by atoms with Crippen LogP contribution in [0.3, 0.4) is 0 Å². The highest BCUT2D eigenvalue weighted by atomic mass is 32.2. The number of aromatic nitrogens is 2. The number of amides is 1. The van der Waals surface area contributed by atoms with Crippen LogP contribution in [0, 0.1) is 13.8 Å². The standard InChI is InChI=1S/C23H28N4O2S2/c1-6-13-27-22(29)20-15(4)16(5)31-21(20)25-23(27)30-14-19(28)24-17-9-11-18(12-10-17)26(7-2)8-3/h6,9-12H,1,7-8,13-14H2,2-5H3,(H,24,28). The second-order valence-electron chi connectivity index (χ2n) is 7.12. The highest BCUT2D eigenvalue weighted by Crippen LogP contribution is 2.28. The van der Waals surface area contributed by atoms with Gasteiger partial charge < -0.3 is 10.2 Å². The van der Waals surface area contributed by atoms with Gasteiger partial charge in [-0.05, 0) is 57.5 Å². The summed E-state index contributed by atoms with van der Waals surface area (Å²) in [6.45, 7) is 14.2. The number of nitrogens with one attached hydrogen (secondary N) is 1. The van der Waals surface area contributed by atoms with Crippen molar-refractivity contribution in [1.29, 1.82) is 0 Å². The molecule has 0 atom stereocenters. The van der Waals surface area contributed by atoms with Gasteiger partial charge in [-0.3, -0.25) is 14.2 Å². The van der Waals surface area contributed by atoms with Gasteiger partial charge >= 0.3 is 0 Å². The molecular formula is C23H28N4O2S2. The topological polar surface area (TPSA) is 67.2 Å². The number of allylic oxidation sites excluding steroid dienone is 1. The lowest BCUT2D eigenvalue weighted by molar-refractivity contribution is -0.113. The molecule has 0 aliphatic carbocycles. The molecule has 0 spiro atoms. The van der Waals surface area contributed by atoms with Crippen LogP contribution in [0.2, 0.25) is 0 Å². The van der Waals surface area contributed by atoms with Crippen molar-refractivity contribution in [2.75, 3.05) is 29.1 Å². The Kier molecular flexibility index (Phi) is 7.56. The number of fused-ring (bicyclic) bond motifs is 1. The number of carbonyl (C=O) groups excluding carboxylic acids is 1. The Morgan fingerprint density at radius 2 is 1.94 bits per heavy atom. The van der Waals surface area contributed by atoms with Crippen LogP contribution >= 0.6 is 23.1 Å². The number of hydrogen-bond acceptors (Lipinski definition) is 6. The van der Waals surface area contributed by atoms with Crippen molar-refractivity contribution in [2.45, 2.75) is 39.4 Å². The Bertz CT molecular complexity index is 1150. The fourth-order valence-corrected chi connectivity index (χ4v) is 5.26. The average Bonchev–Trinajstić information content (AvgIpc) is 3.04. The number of rotatable bonds is 9. The first-order valence-electron chi connectivity index (χ1n) is 10.3. The first-order chi connectivity index (χ1) is 14.9. The molecule has 0 unspecified atom stereocenters. The minimum Gasteiger partial charge on any atom is -0.372 e. The lowest BCUT2D eigenvalue weighted by atomic mass is 10.2. The molecule has 1 N–H and O–H groups in total. The van der Waals surface area contributed by atoms with Gasteiger partial charge in [0.1, 0.15) is 4.83 Å². The van der Waals surface area contributed by atoms with E-state index in [0.29, 0.717) is 17.1 Å². The summed E-state index contributed by atoms with van der Waals surface area (Å²) in [5.74, 6) is 0.0228. The number of thioether (sulfide) groups is 1. The summed E-state index contributed by atoms with van der Waals surface area (Å²) in [5, 5.41) is 4.11. The Hall–Kier alpha value is -2.58. The average molecular weight is 457 g/mol. The molecule has 0 bridgehead atoms. The molecule has 31 heavy (non-hydrogen) atoms. The quantitative estimate of drug-likeness (QED) is 0.284. The Labute approximate surface area is 191 Å². The second kappa shape index (κ2) is 10.2. The predicted molar refractivity (Wildman–Crippen MR) is 133 cm³/mol. The summed E-state index contributed by atoms with van der Waals surface area (Å²) >= 11 is 2.77. The smallest absolute Gasteiger partial charge is 0.263 e. The summed E-state index contributed by atoms with van der Waals surface area (Å²) in [6.07, 6.45) is 1.67. The molecule has 6 nitrogen and oxygen atoms in total. The van der Waals surface area contributed by atoms with E-state index in [9.17, 15) is 9.59 Å². The van der Waals surface area contributed by atoms with Gasteiger partial charge in [0.25, 0.3) is 5.56 Å². The van der Waals surface area contributed by atoms with Gasteiger partial charge in [0, 0.05) is 35.9 Å². The lowest BCUT2D eigenvalue weighted by Gasteiger charge is -2.21. The van der Waals surface area contributed by atoms with Crippen LogP contribution in [0.1, 0.15) is 24.3 Å². The minimum absolute atomic E-state index is 0.0818. The minimum atomic E-state index is -0.140. The molecule has 3 aromatic rings. The van der Waals surface area contributed by atoms with E-state index in [1.165, 1.54) is 23.1 Å². The predicted octanol–water partition coefficient (Wildman–Crippen LogP) is 4.84. The van der Waals surface area contributed by atoms with Crippen molar-refractivity contribution in [3.63, 3.8) is 0 Å². The second-order valence-corrected chi connectivity index (χ2v) is 9.26. The van der Waals surface area contributed by atoms with Crippen molar-refractivity contribution in [1.82, 2.24) is 9.55 Å². The van der Waals surface area contributed by atoms with Crippen LogP contribution < -0.4 is 15.8 Å². The van der Waals surface area contributed by atoms with Crippen molar-refractivity contribution < 1.29 is 4.79 Å². The summed E-state index contributed by atoms with van der Waals surface area (Å²) in [6, 6.07) is 7.83. The largest absolute Gasteiger partial charge is 0.372 e. The number of thiophene rings is 1. The molecule has 0 saturated heterocycles. The molecule has 0 fully saturated rings. The van der Waals surface area contributed by atoms with Gasteiger partial charge in [0.2, 0.25) is 5.91 Å². The maximum absolute atomic E-state index is 13.0. The molecule has 8 heteroatoms. The summed E-state index contributed by atoms with van der Waals surface area (Å²) < 4.78 is 1.59. The molecule has 2 heterocycles. The Balaban J connectivity index is 1.74. The fraction of sp³-hybridized carbons (Fsp3) is 0.348. The van der Waals surface area contributed by atoms with Crippen LogP contribution in [-0.2, 0) is 11.3 Å². The number of benzene rings is 1. The van der Waals surface area contributed by atoms with Crippen LogP contribution in [-0.4, -0.2) is 34.3 Å².